The first-order valence-corrected chi connectivity index (χ1v) is 8.68. The maximum atomic E-state index is 12.2. The van der Waals surface area contributed by atoms with Crippen LogP contribution in [0, 0.1) is 17.3 Å². The molecule has 0 amide bonds. The van der Waals surface area contributed by atoms with Gasteiger partial charge in [-0.15, -0.1) is 0 Å². The van der Waals surface area contributed by atoms with E-state index in [1.165, 1.54) is 0 Å². The average Bonchev–Trinajstić information content (AvgIpc) is 2.96. The lowest BCUT2D eigenvalue weighted by atomic mass is 9.98. The highest BCUT2D eigenvalue weighted by Gasteiger charge is 2.45. The summed E-state index contributed by atoms with van der Waals surface area (Å²) in [7, 11) is -1.32. The lowest BCUT2D eigenvalue weighted by Crippen LogP contribution is -2.46. The van der Waals surface area contributed by atoms with E-state index in [1.807, 2.05) is 7.05 Å². The van der Waals surface area contributed by atoms with Gasteiger partial charge >= 0.3 is 0 Å². The van der Waals surface area contributed by atoms with Crippen molar-refractivity contribution in [3.63, 3.8) is 0 Å². The van der Waals surface area contributed by atoms with E-state index in [0.29, 0.717) is 36.9 Å². The van der Waals surface area contributed by atoms with Crippen molar-refractivity contribution in [2.24, 2.45) is 17.3 Å². The number of hydrogen-bond donors (Lipinski definition) is 2. The third kappa shape index (κ3) is 3.90. The molecule has 1 atom stereocenters. The molecule has 0 aromatic carbocycles. The SMILES string of the molecule is CNCC1CCN(S(=O)(=O)NCC2CC2(C)C)CC1. The lowest BCUT2D eigenvalue weighted by Gasteiger charge is -2.31. The van der Waals surface area contributed by atoms with Crippen molar-refractivity contribution in [2.45, 2.75) is 33.1 Å². The van der Waals surface area contributed by atoms with Crippen LogP contribution in [-0.4, -0.2) is 45.9 Å². The van der Waals surface area contributed by atoms with Gasteiger partial charge < -0.3 is 5.32 Å². The van der Waals surface area contributed by atoms with E-state index in [4.69, 9.17) is 0 Å². The fraction of sp³-hybridized carbons (Fsp3) is 1.00. The van der Waals surface area contributed by atoms with E-state index in [-0.39, 0.29) is 0 Å². The molecule has 0 radical (unpaired) electrons. The number of nitrogens with one attached hydrogen (secondary N) is 2. The molecule has 112 valence electrons. The van der Waals surface area contributed by atoms with Gasteiger partial charge in [-0.2, -0.15) is 12.7 Å². The first kappa shape index (κ1) is 15.2. The molecule has 1 unspecified atom stereocenters. The summed E-state index contributed by atoms with van der Waals surface area (Å²) in [4.78, 5) is 0. The van der Waals surface area contributed by atoms with Gasteiger partial charge in [-0.3, -0.25) is 0 Å². The zero-order valence-electron chi connectivity index (χ0n) is 12.3. The van der Waals surface area contributed by atoms with Gasteiger partial charge in [-0.05, 0) is 50.1 Å². The predicted octanol–water partition coefficient (Wildman–Crippen LogP) is 0.798. The first-order valence-electron chi connectivity index (χ1n) is 7.24. The van der Waals surface area contributed by atoms with Crippen molar-refractivity contribution in [1.29, 1.82) is 0 Å². The van der Waals surface area contributed by atoms with Crippen LogP contribution < -0.4 is 10.0 Å². The molecule has 1 heterocycles. The monoisotopic (exact) mass is 289 g/mol. The average molecular weight is 289 g/mol. The van der Waals surface area contributed by atoms with Crippen molar-refractivity contribution in [2.75, 3.05) is 33.2 Å². The van der Waals surface area contributed by atoms with Gasteiger partial charge in [0.05, 0.1) is 0 Å². The van der Waals surface area contributed by atoms with Crippen molar-refractivity contribution < 1.29 is 8.42 Å². The summed E-state index contributed by atoms with van der Waals surface area (Å²) in [5.74, 6) is 1.11. The van der Waals surface area contributed by atoms with Gasteiger partial charge in [0.15, 0.2) is 0 Å². The third-order valence-electron chi connectivity index (χ3n) is 4.64. The summed E-state index contributed by atoms with van der Waals surface area (Å²) in [6.45, 7) is 7.25. The highest BCUT2D eigenvalue weighted by molar-refractivity contribution is 7.87. The lowest BCUT2D eigenvalue weighted by molar-refractivity contribution is 0.268. The van der Waals surface area contributed by atoms with Crippen LogP contribution in [0.4, 0.5) is 0 Å². The minimum Gasteiger partial charge on any atom is -0.319 e. The Morgan fingerprint density at radius 2 is 1.79 bits per heavy atom. The number of nitrogens with zero attached hydrogens (tertiary/aromatic N) is 1. The summed E-state index contributed by atoms with van der Waals surface area (Å²) in [6.07, 6.45) is 3.03. The molecule has 2 aliphatic rings. The first-order chi connectivity index (χ1) is 8.85. The molecule has 6 heteroatoms. The highest BCUT2D eigenvalue weighted by Crippen LogP contribution is 2.51. The Kier molecular flexibility index (Phi) is 4.55. The molecule has 0 spiro atoms. The molecule has 0 aromatic heterocycles. The fourth-order valence-corrected chi connectivity index (χ4v) is 4.15. The van der Waals surface area contributed by atoms with E-state index in [9.17, 15) is 8.42 Å². The minimum absolute atomic E-state index is 0.322. The van der Waals surface area contributed by atoms with Gasteiger partial charge in [0.25, 0.3) is 10.2 Å². The highest BCUT2D eigenvalue weighted by atomic mass is 32.2. The second-order valence-electron chi connectivity index (χ2n) is 6.64. The van der Waals surface area contributed by atoms with Crippen LogP contribution in [-0.2, 0) is 10.2 Å². The summed E-state index contributed by atoms with van der Waals surface area (Å²) in [5.41, 5.74) is 0.322. The largest absolute Gasteiger partial charge is 0.319 e. The second kappa shape index (κ2) is 5.68. The molecule has 2 rings (SSSR count). The van der Waals surface area contributed by atoms with Gasteiger partial charge in [0.1, 0.15) is 0 Å². The second-order valence-corrected chi connectivity index (χ2v) is 8.40. The van der Waals surface area contributed by atoms with Crippen LogP contribution in [0.2, 0.25) is 0 Å². The molecule has 0 bridgehead atoms. The van der Waals surface area contributed by atoms with Gasteiger partial charge in [0.2, 0.25) is 0 Å². The zero-order valence-corrected chi connectivity index (χ0v) is 13.1. The van der Waals surface area contributed by atoms with Crippen LogP contribution in [0.15, 0.2) is 0 Å². The van der Waals surface area contributed by atoms with Crippen LogP contribution in [0.25, 0.3) is 0 Å². The molecule has 1 saturated heterocycles. The normalized spacial score (nSPS) is 28.5. The Balaban J connectivity index is 1.77. The molecule has 1 aliphatic heterocycles. The number of piperidine rings is 1. The molecule has 2 fully saturated rings. The molecule has 1 saturated carbocycles. The quantitative estimate of drug-likeness (QED) is 0.760. The smallest absolute Gasteiger partial charge is 0.279 e. The van der Waals surface area contributed by atoms with Crippen LogP contribution in [0.5, 0.6) is 0 Å². The third-order valence-corrected chi connectivity index (χ3v) is 6.21. The number of rotatable bonds is 6. The van der Waals surface area contributed by atoms with E-state index >= 15 is 0 Å². The van der Waals surface area contributed by atoms with Crippen molar-refractivity contribution in [3.05, 3.63) is 0 Å². The zero-order chi connectivity index (χ0) is 14.1. The molecule has 1 aliphatic carbocycles. The number of hydrogen-bond acceptors (Lipinski definition) is 3. The van der Waals surface area contributed by atoms with Crippen molar-refractivity contribution in [3.8, 4) is 0 Å². The van der Waals surface area contributed by atoms with E-state index in [0.717, 1.165) is 25.8 Å². The van der Waals surface area contributed by atoms with Crippen LogP contribution in [0.1, 0.15) is 33.1 Å². The summed E-state index contributed by atoms with van der Waals surface area (Å²) in [6, 6.07) is 0. The van der Waals surface area contributed by atoms with Gasteiger partial charge in [-0.25, -0.2) is 4.72 Å². The van der Waals surface area contributed by atoms with Crippen molar-refractivity contribution in [1.82, 2.24) is 14.3 Å². The summed E-state index contributed by atoms with van der Waals surface area (Å²) in [5, 5.41) is 3.16. The molecule has 5 nitrogen and oxygen atoms in total. The maximum absolute atomic E-state index is 12.2. The van der Waals surface area contributed by atoms with Gasteiger partial charge in [0, 0.05) is 19.6 Å². The predicted molar refractivity (Wildman–Crippen MR) is 77.0 cm³/mol. The Bertz CT molecular complexity index is 400. The van der Waals surface area contributed by atoms with E-state index in [1.54, 1.807) is 4.31 Å². The summed E-state index contributed by atoms with van der Waals surface area (Å²) < 4.78 is 28.8. The van der Waals surface area contributed by atoms with E-state index in [2.05, 4.69) is 23.9 Å². The Morgan fingerprint density at radius 1 is 1.21 bits per heavy atom. The molecule has 0 aromatic rings. The molecule has 19 heavy (non-hydrogen) atoms. The Morgan fingerprint density at radius 3 is 2.26 bits per heavy atom. The molecule has 2 N–H and O–H groups in total. The minimum atomic E-state index is -3.26. The Labute approximate surface area is 117 Å². The maximum Gasteiger partial charge on any atom is 0.279 e. The topological polar surface area (TPSA) is 61.4 Å². The standard InChI is InChI=1S/C13H27N3O2S/c1-13(2)8-12(13)10-15-19(17,18)16-6-4-11(5-7-16)9-14-3/h11-12,14-15H,4-10H2,1-3H3. The Hall–Kier alpha value is -0.170. The molecular formula is C13H27N3O2S. The van der Waals surface area contributed by atoms with Gasteiger partial charge in [-0.1, -0.05) is 13.8 Å². The van der Waals surface area contributed by atoms with E-state index < -0.39 is 10.2 Å². The van der Waals surface area contributed by atoms with Crippen LogP contribution in [0.3, 0.4) is 0 Å². The van der Waals surface area contributed by atoms with Crippen LogP contribution >= 0.6 is 0 Å². The summed E-state index contributed by atoms with van der Waals surface area (Å²) >= 11 is 0. The van der Waals surface area contributed by atoms with Crippen molar-refractivity contribution >= 4 is 10.2 Å². The fourth-order valence-electron chi connectivity index (χ4n) is 2.86. The molecular weight excluding hydrogens is 262 g/mol.